The normalized spacial score (nSPS) is 18.3. The van der Waals surface area contributed by atoms with Crippen LogP contribution in [0, 0.1) is 0 Å². The Labute approximate surface area is 179 Å². The third-order valence-corrected chi connectivity index (χ3v) is 5.97. The fourth-order valence-corrected chi connectivity index (χ4v) is 4.69. The second kappa shape index (κ2) is 11.3. The summed E-state index contributed by atoms with van der Waals surface area (Å²) >= 11 is 3.94. The number of benzene rings is 1. The Balaban J connectivity index is 0.000000321. The van der Waals surface area contributed by atoms with Crippen molar-refractivity contribution < 1.29 is 24.5 Å². The molecule has 0 saturated heterocycles. The maximum atomic E-state index is 9.55. The minimum atomic E-state index is -1.26. The van der Waals surface area contributed by atoms with E-state index in [9.17, 15) is 9.59 Å². The summed E-state index contributed by atoms with van der Waals surface area (Å²) in [5.74, 6) is -1.92. The highest BCUT2D eigenvalue weighted by molar-refractivity contribution is 9.10. The van der Waals surface area contributed by atoms with E-state index >= 15 is 0 Å². The molecule has 0 radical (unpaired) electrons. The molecule has 1 aromatic carbocycles. The highest BCUT2D eigenvalue weighted by Gasteiger charge is 2.26. The number of methoxy groups -OCH3 is 1. The van der Waals surface area contributed by atoms with Crippen molar-refractivity contribution in [2.45, 2.75) is 32.1 Å². The standard InChI is InChI=1S/C17H25BrN2O.C4H4O4/c1-12-11-19-6-5-14-15(12)10-13-4-3-7-20(8-9-21-2)17(13)16(14)18;5-3(6)1-2-4(7)8/h10,12,19H,3-9,11H2,1-2H3;1-2H,(H,5,6)(H,7,8)/b;2-1+. The number of ether oxygens (including phenoxy) is 1. The molecule has 0 bridgehead atoms. The van der Waals surface area contributed by atoms with Crippen LogP contribution in [0.5, 0.6) is 0 Å². The van der Waals surface area contributed by atoms with Crippen LogP contribution in [-0.2, 0) is 27.2 Å². The Hall–Kier alpha value is -1.90. The SMILES string of the molecule is COCCN1CCCc2cc3c(c(Br)c21)CCNCC3C.O=C(O)/C=C/C(=O)O. The summed E-state index contributed by atoms with van der Waals surface area (Å²) in [5.41, 5.74) is 5.98. The Morgan fingerprint density at radius 3 is 2.62 bits per heavy atom. The molecule has 8 heteroatoms. The molecule has 1 aromatic rings. The molecule has 0 fully saturated rings. The van der Waals surface area contributed by atoms with Crippen LogP contribution in [0.3, 0.4) is 0 Å². The summed E-state index contributed by atoms with van der Waals surface area (Å²) in [6.07, 6.45) is 4.68. The number of fused-ring (bicyclic) bond motifs is 2. The third-order valence-electron chi connectivity index (χ3n) is 5.11. The summed E-state index contributed by atoms with van der Waals surface area (Å²) in [6.45, 7) is 7.41. The van der Waals surface area contributed by atoms with Crippen molar-refractivity contribution in [1.29, 1.82) is 0 Å². The molecule has 29 heavy (non-hydrogen) atoms. The topological polar surface area (TPSA) is 99.1 Å². The Bertz CT molecular complexity index is 750. The van der Waals surface area contributed by atoms with Crippen LogP contribution in [0.4, 0.5) is 5.69 Å². The molecule has 0 aromatic heterocycles. The van der Waals surface area contributed by atoms with E-state index in [0.717, 1.165) is 39.2 Å². The van der Waals surface area contributed by atoms with Crippen LogP contribution < -0.4 is 10.2 Å². The molecule has 1 unspecified atom stereocenters. The Morgan fingerprint density at radius 2 is 2.00 bits per heavy atom. The molecule has 1 atom stereocenters. The zero-order chi connectivity index (χ0) is 21.4. The van der Waals surface area contributed by atoms with Gasteiger partial charge in [-0.05, 0) is 64.3 Å². The molecular formula is C21H29BrN2O5. The van der Waals surface area contributed by atoms with E-state index in [0.29, 0.717) is 18.1 Å². The fraction of sp³-hybridized carbons (Fsp3) is 0.524. The van der Waals surface area contributed by atoms with Gasteiger partial charge in [0.1, 0.15) is 0 Å². The van der Waals surface area contributed by atoms with Gasteiger partial charge in [0.15, 0.2) is 0 Å². The minimum absolute atomic E-state index is 0.558. The number of aryl methyl sites for hydroxylation is 1. The Morgan fingerprint density at radius 1 is 1.31 bits per heavy atom. The average Bonchev–Trinajstić information content (AvgIpc) is 2.87. The number of hydrogen-bond acceptors (Lipinski definition) is 5. The van der Waals surface area contributed by atoms with Crippen molar-refractivity contribution in [2.24, 2.45) is 0 Å². The predicted octanol–water partition coefficient (Wildman–Crippen LogP) is 2.81. The van der Waals surface area contributed by atoms with Gasteiger partial charge >= 0.3 is 11.9 Å². The molecular weight excluding hydrogens is 440 g/mol. The molecule has 3 rings (SSSR count). The van der Waals surface area contributed by atoms with E-state index < -0.39 is 11.9 Å². The molecule has 0 saturated carbocycles. The number of rotatable bonds is 5. The van der Waals surface area contributed by atoms with Gasteiger partial charge in [-0.1, -0.05) is 13.0 Å². The number of nitrogens with zero attached hydrogens (tertiary/aromatic N) is 1. The van der Waals surface area contributed by atoms with E-state index in [1.807, 2.05) is 0 Å². The van der Waals surface area contributed by atoms with Gasteiger partial charge < -0.3 is 25.2 Å². The van der Waals surface area contributed by atoms with Crippen molar-refractivity contribution in [1.82, 2.24) is 5.32 Å². The monoisotopic (exact) mass is 468 g/mol. The van der Waals surface area contributed by atoms with E-state index in [4.69, 9.17) is 14.9 Å². The quantitative estimate of drug-likeness (QED) is 0.571. The number of aliphatic carboxylic acids is 2. The maximum Gasteiger partial charge on any atom is 0.328 e. The average molecular weight is 469 g/mol. The van der Waals surface area contributed by atoms with Crippen LogP contribution in [0.25, 0.3) is 0 Å². The highest BCUT2D eigenvalue weighted by atomic mass is 79.9. The van der Waals surface area contributed by atoms with Crippen LogP contribution in [0.2, 0.25) is 0 Å². The number of nitrogens with one attached hydrogen (secondary N) is 1. The van der Waals surface area contributed by atoms with Gasteiger partial charge in [0.2, 0.25) is 0 Å². The molecule has 160 valence electrons. The largest absolute Gasteiger partial charge is 0.478 e. The lowest BCUT2D eigenvalue weighted by Gasteiger charge is -2.34. The van der Waals surface area contributed by atoms with Crippen molar-refractivity contribution >= 4 is 33.6 Å². The lowest BCUT2D eigenvalue weighted by atomic mass is 9.89. The van der Waals surface area contributed by atoms with Crippen molar-refractivity contribution in [3.8, 4) is 0 Å². The van der Waals surface area contributed by atoms with E-state index in [-0.39, 0.29) is 0 Å². The zero-order valence-corrected chi connectivity index (χ0v) is 18.5. The number of carboxylic acids is 2. The van der Waals surface area contributed by atoms with E-state index in [1.165, 1.54) is 34.1 Å². The first kappa shape index (κ1) is 23.4. The number of halogens is 1. The lowest BCUT2D eigenvalue weighted by molar-refractivity contribution is -0.134. The van der Waals surface area contributed by atoms with Gasteiger partial charge in [0, 0.05) is 43.4 Å². The van der Waals surface area contributed by atoms with Gasteiger partial charge in [-0.25, -0.2) is 9.59 Å². The van der Waals surface area contributed by atoms with Crippen LogP contribution in [0.15, 0.2) is 22.7 Å². The first-order valence-electron chi connectivity index (χ1n) is 9.77. The molecule has 0 aliphatic carbocycles. The predicted molar refractivity (Wildman–Crippen MR) is 116 cm³/mol. The summed E-state index contributed by atoms with van der Waals surface area (Å²) in [7, 11) is 1.78. The summed E-state index contributed by atoms with van der Waals surface area (Å²) in [5, 5.41) is 19.2. The van der Waals surface area contributed by atoms with E-state index in [2.05, 4.69) is 39.1 Å². The molecule has 2 heterocycles. The molecule has 3 N–H and O–H groups in total. The van der Waals surface area contributed by atoms with Gasteiger partial charge in [0.05, 0.1) is 12.3 Å². The molecule has 7 nitrogen and oxygen atoms in total. The fourth-order valence-electron chi connectivity index (χ4n) is 3.76. The summed E-state index contributed by atoms with van der Waals surface area (Å²) in [6, 6.07) is 2.48. The molecule has 2 aliphatic heterocycles. The van der Waals surface area contributed by atoms with Crippen molar-refractivity contribution in [3.63, 3.8) is 0 Å². The number of hydrogen-bond donors (Lipinski definition) is 3. The lowest BCUT2D eigenvalue weighted by Crippen LogP contribution is -2.33. The van der Waals surface area contributed by atoms with Gasteiger partial charge in [-0.2, -0.15) is 0 Å². The van der Waals surface area contributed by atoms with Crippen molar-refractivity contribution in [2.75, 3.05) is 44.8 Å². The number of carbonyl (C=O) groups is 2. The molecule has 2 aliphatic rings. The van der Waals surface area contributed by atoms with Crippen LogP contribution >= 0.6 is 15.9 Å². The summed E-state index contributed by atoms with van der Waals surface area (Å²) in [4.78, 5) is 21.6. The zero-order valence-electron chi connectivity index (χ0n) is 16.9. The summed E-state index contributed by atoms with van der Waals surface area (Å²) < 4.78 is 6.62. The number of carboxylic acid groups (broad SMARTS) is 2. The van der Waals surface area contributed by atoms with Crippen molar-refractivity contribution in [3.05, 3.63) is 39.4 Å². The second-order valence-corrected chi connectivity index (χ2v) is 8.01. The smallest absolute Gasteiger partial charge is 0.328 e. The van der Waals surface area contributed by atoms with E-state index in [1.54, 1.807) is 12.7 Å². The highest BCUT2D eigenvalue weighted by Crippen LogP contribution is 2.41. The third kappa shape index (κ3) is 6.55. The Kier molecular flexibility index (Phi) is 9.13. The van der Waals surface area contributed by atoms with Gasteiger partial charge in [0.25, 0.3) is 0 Å². The van der Waals surface area contributed by atoms with Gasteiger partial charge in [-0.15, -0.1) is 0 Å². The molecule has 0 amide bonds. The molecule has 0 spiro atoms. The first-order chi connectivity index (χ1) is 13.8. The maximum absolute atomic E-state index is 9.55. The van der Waals surface area contributed by atoms with Gasteiger partial charge in [-0.3, -0.25) is 0 Å². The first-order valence-corrected chi connectivity index (χ1v) is 10.6. The van der Waals surface area contributed by atoms with Crippen LogP contribution in [-0.4, -0.2) is 62.0 Å². The minimum Gasteiger partial charge on any atom is -0.478 e. The number of anilines is 1. The van der Waals surface area contributed by atoms with Crippen LogP contribution in [0.1, 0.15) is 36.0 Å². The second-order valence-electron chi connectivity index (χ2n) is 7.21.